The number of hydrogen-bond acceptors (Lipinski definition) is 6. The molecule has 3 aromatic rings. The van der Waals surface area contributed by atoms with Gasteiger partial charge in [0.25, 0.3) is 10.0 Å². The monoisotopic (exact) mass is 368 g/mol. The summed E-state index contributed by atoms with van der Waals surface area (Å²) in [5, 5.41) is 10.9. The first kappa shape index (κ1) is 17.6. The van der Waals surface area contributed by atoms with Gasteiger partial charge >= 0.3 is 0 Å². The first-order valence-electron chi connectivity index (χ1n) is 7.74. The summed E-state index contributed by atoms with van der Waals surface area (Å²) in [5.41, 5.74) is 1.36. The Kier molecular flexibility index (Phi) is 4.94. The van der Waals surface area contributed by atoms with Gasteiger partial charge in [0, 0.05) is 11.3 Å². The van der Waals surface area contributed by atoms with Crippen molar-refractivity contribution in [3.63, 3.8) is 0 Å². The number of aromatic nitrogens is 2. The molecule has 0 aliphatic rings. The summed E-state index contributed by atoms with van der Waals surface area (Å²) in [6, 6.07) is 18.1. The molecule has 0 unspecified atom stereocenters. The molecule has 1 heterocycles. The van der Waals surface area contributed by atoms with Gasteiger partial charge in [0.2, 0.25) is 0 Å². The van der Waals surface area contributed by atoms with Crippen molar-refractivity contribution < 1.29 is 13.2 Å². The molecule has 2 aromatic carbocycles. The van der Waals surface area contributed by atoms with E-state index >= 15 is 0 Å². The molecule has 26 heavy (non-hydrogen) atoms. The molecule has 0 radical (unpaired) electrons. The molecule has 1 aromatic heterocycles. The van der Waals surface area contributed by atoms with Crippen LogP contribution in [0.1, 0.15) is 17.3 Å². The van der Waals surface area contributed by atoms with Gasteiger partial charge in [-0.25, -0.2) is 8.42 Å². The van der Waals surface area contributed by atoms with E-state index in [0.717, 1.165) is 5.69 Å². The summed E-state index contributed by atoms with van der Waals surface area (Å²) in [7, 11) is -3.70. The minimum atomic E-state index is -3.70. The number of sulfonamides is 1. The maximum Gasteiger partial charge on any atom is 0.263 e. The molecule has 0 saturated heterocycles. The SMILES string of the molecule is CC(=O)c1ccc(Nc2ccc(NS(=O)(=O)c3ccccc3)nn2)cc1. The van der Waals surface area contributed by atoms with Crippen LogP contribution < -0.4 is 10.0 Å². The molecule has 0 aliphatic carbocycles. The van der Waals surface area contributed by atoms with Crippen LogP contribution in [0.5, 0.6) is 0 Å². The molecule has 132 valence electrons. The standard InChI is InChI=1S/C18H16N4O3S/c1-13(23)14-7-9-15(10-8-14)19-17-11-12-18(21-20-17)22-26(24,25)16-5-3-2-4-6-16/h2-12H,1H3,(H,19,20)(H,21,22). The second-order valence-electron chi connectivity index (χ2n) is 5.48. The lowest BCUT2D eigenvalue weighted by Crippen LogP contribution is -2.14. The highest BCUT2D eigenvalue weighted by molar-refractivity contribution is 7.92. The molecule has 7 nitrogen and oxygen atoms in total. The zero-order valence-corrected chi connectivity index (χ0v) is 14.7. The molecular formula is C18H16N4O3S. The summed E-state index contributed by atoms with van der Waals surface area (Å²) in [6.07, 6.45) is 0. The van der Waals surface area contributed by atoms with E-state index in [2.05, 4.69) is 20.2 Å². The van der Waals surface area contributed by atoms with E-state index < -0.39 is 10.0 Å². The van der Waals surface area contributed by atoms with Crippen molar-refractivity contribution in [2.24, 2.45) is 0 Å². The van der Waals surface area contributed by atoms with Crippen LogP contribution in [0.25, 0.3) is 0 Å². The van der Waals surface area contributed by atoms with Gasteiger partial charge in [-0.2, -0.15) is 0 Å². The number of ketones is 1. The van der Waals surface area contributed by atoms with Crippen molar-refractivity contribution in [2.45, 2.75) is 11.8 Å². The zero-order chi connectivity index (χ0) is 18.6. The molecule has 2 N–H and O–H groups in total. The number of rotatable bonds is 6. The minimum Gasteiger partial charge on any atom is -0.339 e. The average Bonchev–Trinajstić information content (AvgIpc) is 2.64. The van der Waals surface area contributed by atoms with Crippen LogP contribution in [0.3, 0.4) is 0 Å². The molecule has 0 fully saturated rings. The molecule has 3 rings (SSSR count). The van der Waals surface area contributed by atoms with Gasteiger partial charge in [-0.3, -0.25) is 9.52 Å². The summed E-state index contributed by atoms with van der Waals surface area (Å²) in [6.45, 7) is 1.50. The van der Waals surface area contributed by atoms with E-state index in [9.17, 15) is 13.2 Å². The van der Waals surface area contributed by atoms with E-state index in [0.29, 0.717) is 11.4 Å². The van der Waals surface area contributed by atoms with Crippen molar-refractivity contribution in [2.75, 3.05) is 10.0 Å². The number of anilines is 3. The van der Waals surface area contributed by atoms with Gasteiger partial charge < -0.3 is 5.32 Å². The van der Waals surface area contributed by atoms with Crippen molar-refractivity contribution in [1.29, 1.82) is 0 Å². The molecular weight excluding hydrogens is 352 g/mol. The first-order chi connectivity index (χ1) is 12.4. The lowest BCUT2D eigenvalue weighted by atomic mass is 10.1. The van der Waals surface area contributed by atoms with Gasteiger partial charge in [0.1, 0.15) is 0 Å². The van der Waals surface area contributed by atoms with Gasteiger partial charge in [0.15, 0.2) is 17.4 Å². The Morgan fingerprint density at radius 2 is 1.46 bits per heavy atom. The number of carbonyl (C=O) groups excluding carboxylic acids is 1. The minimum absolute atomic E-state index is 0.00797. The second-order valence-corrected chi connectivity index (χ2v) is 7.16. The fourth-order valence-corrected chi connectivity index (χ4v) is 3.20. The topological polar surface area (TPSA) is 101 Å². The van der Waals surface area contributed by atoms with Gasteiger partial charge in [-0.05, 0) is 55.5 Å². The number of nitrogens with zero attached hydrogens (tertiary/aromatic N) is 2. The van der Waals surface area contributed by atoms with Gasteiger partial charge in [-0.1, -0.05) is 18.2 Å². The van der Waals surface area contributed by atoms with E-state index in [1.165, 1.54) is 25.1 Å². The average molecular weight is 368 g/mol. The summed E-state index contributed by atoms with van der Waals surface area (Å²) >= 11 is 0. The quantitative estimate of drug-likeness (QED) is 0.648. The van der Waals surface area contributed by atoms with Gasteiger partial charge in [0.05, 0.1) is 4.90 Å². The zero-order valence-electron chi connectivity index (χ0n) is 13.9. The Morgan fingerprint density at radius 1 is 0.846 bits per heavy atom. The van der Waals surface area contributed by atoms with Gasteiger partial charge in [-0.15, -0.1) is 10.2 Å². The normalized spacial score (nSPS) is 11.0. The van der Waals surface area contributed by atoms with E-state index in [4.69, 9.17) is 0 Å². The number of nitrogens with one attached hydrogen (secondary N) is 2. The van der Waals surface area contributed by atoms with Crippen LogP contribution in [-0.4, -0.2) is 24.4 Å². The first-order valence-corrected chi connectivity index (χ1v) is 9.22. The molecule has 0 spiro atoms. The summed E-state index contributed by atoms with van der Waals surface area (Å²) in [4.78, 5) is 11.4. The Labute approximate surface area is 151 Å². The third kappa shape index (κ3) is 4.22. The summed E-state index contributed by atoms with van der Waals surface area (Å²) in [5.74, 6) is 0.556. The fourth-order valence-electron chi connectivity index (χ4n) is 2.19. The van der Waals surface area contributed by atoms with Crippen LogP contribution in [0.15, 0.2) is 71.6 Å². The van der Waals surface area contributed by atoms with E-state index in [-0.39, 0.29) is 16.5 Å². The third-order valence-electron chi connectivity index (χ3n) is 3.52. The molecule has 0 amide bonds. The highest BCUT2D eigenvalue weighted by atomic mass is 32.2. The molecule has 0 atom stereocenters. The maximum atomic E-state index is 12.2. The van der Waals surface area contributed by atoms with E-state index in [1.807, 2.05) is 0 Å². The lowest BCUT2D eigenvalue weighted by Gasteiger charge is -2.08. The van der Waals surface area contributed by atoms with Crippen LogP contribution in [0.2, 0.25) is 0 Å². The number of benzene rings is 2. The third-order valence-corrected chi connectivity index (χ3v) is 4.89. The van der Waals surface area contributed by atoms with Crippen molar-refractivity contribution in [3.05, 3.63) is 72.3 Å². The molecule has 8 heteroatoms. The van der Waals surface area contributed by atoms with Crippen LogP contribution in [0, 0.1) is 0 Å². The Bertz CT molecular complexity index is 1000. The maximum absolute atomic E-state index is 12.2. The lowest BCUT2D eigenvalue weighted by molar-refractivity contribution is 0.101. The largest absolute Gasteiger partial charge is 0.339 e. The number of Topliss-reactive ketones (excluding diaryl/α,β-unsaturated/α-hetero) is 1. The smallest absolute Gasteiger partial charge is 0.263 e. The number of carbonyl (C=O) groups is 1. The molecule has 0 bridgehead atoms. The second kappa shape index (κ2) is 7.32. The van der Waals surface area contributed by atoms with Crippen LogP contribution >= 0.6 is 0 Å². The van der Waals surface area contributed by atoms with Crippen molar-refractivity contribution in [1.82, 2.24) is 10.2 Å². The fraction of sp³-hybridized carbons (Fsp3) is 0.0556. The Balaban J connectivity index is 1.69. The van der Waals surface area contributed by atoms with Crippen molar-refractivity contribution >= 4 is 33.1 Å². The molecule has 0 saturated carbocycles. The predicted molar refractivity (Wildman–Crippen MR) is 99.0 cm³/mol. The summed E-state index contributed by atoms with van der Waals surface area (Å²) < 4.78 is 26.9. The Hall–Kier alpha value is -3.26. The van der Waals surface area contributed by atoms with Crippen molar-refractivity contribution in [3.8, 4) is 0 Å². The highest BCUT2D eigenvalue weighted by Crippen LogP contribution is 2.17. The van der Waals surface area contributed by atoms with Crippen LogP contribution in [-0.2, 0) is 10.0 Å². The highest BCUT2D eigenvalue weighted by Gasteiger charge is 2.14. The van der Waals surface area contributed by atoms with Crippen LogP contribution in [0.4, 0.5) is 17.3 Å². The predicted octanol–water partition coefficient (Wildman–Crippen LogP) is 3.22. The molecule has 0 aliphatic heterocycles. The Morgan fingerprint density at radius 3 is 2.04 bits per heavy atom. The number of hydrogen-bond donors (Lipinski definition) is 2. The van der Waals surface area contributed by atoms with E-state index in [1.54, 1.807) is 48.5 Å².